The highest BCUT2D eigenvalue weighted by molar-refractivity contribution is 7.11. The van der Waals surface area contributed by atoms with Gasteiger partial charge in [-0.25, -0.2) is 4.98 Å². The van der Waals surface area contributed by atoms with Gasteiger partial charge in [-0.2, -0.15) is 0 Å². The third-order valence-electron chi connectivity index (χ3n) is 1.82. The zero-order valence-electron chi connectivity index (χ0n) is 8.11. The number of hydrogen-bond acceptors (Lipinski definition) is 4. The van der Waals surface area contributed by atoms with E-state index in [0.29, 0.717) is 11.1 Å². The maximum Gasteiger partial charge on any atom is 0.279 e. The van der Waals surface area contributed by atoms with E-state index in [4.69, 9.17) is 16.3 Å². The molecule has 0 radical (unpaired) electrons. The number of halogens is 1. The summed E-state index contributed by atoms with van der Waals surface area (Å²) in [6.07, 6.45) is 1.73. The molecule has 0 saturated heterocycles. The van der Waals surface area contributed by atoms with Gasteiger partial charge in [0.1, 0.15) is 0 Å². The Hall–Kier alpha value is -1.13. The lowest BCUT2D eigenvalue weighted by atomic mass is 10.3. The summed E-state index contributed by atoms with van der Waals surface area (Å²) in [4.78, 5) is 8.33. The van der Waals surface area contributed by atoms with Crippen molar-refractivity contribution in [3.05, 3.63) is 35.1 Å². The fraction of sp³-hybridized carbons (Fsp3) is 0.200. The van der Waals surface area contributed by atoms with Crippen LogP contribution >= 0.6 is 22.9 Å². The quantitative estimate of drug-likeness (QED) is 0.772. The van der Waals surface area contributed by atoms with Crippen molar-refractivity contribution in [3.8, 4) is 10.9 Å². The van der Waals surface area contributed by atoms with Gasteiger partial charge in [0.15, 0.2) is 5.75 Å². The number of rotatable bonds is 3. The zero-order valence-corrected chi connectivity index (χ0v) is 9.68. The van der Waals surface area contributed by atoms with Gasteiger partial charge >= 0.3 is 0 Å². The number of alkyl halides is 1. The monoisotopic (exact) mass is 240 g/mol. The molecule has 0 amide bonds. The molecule has 0 atom stereocenters. The van der Waals surface area contributed by atoms with Gasteiger partial charge in [-0.05, 0) is 19.1 Å². The first-order valence-corrected chi connectivity index (χ1v) is 5.81. The summed E-state index contributed by atoms with van der Waals surface area (Å²) >= 11 is 7.08. The third-order valence-corrected chi connectivity index (χ3v) is 2.86. The van der Waals surface area contributed by atoms with E-state index in [-0.39, 0.29) is 0 Å². The predicted molar refractivity (Wildman–Crippen MR) is 60.7 cm³/mol. The number of hydrogen-bond donors (Lipinski definition) is 0. The van der Waals surface area contributed by atoms with Gasteiger partial charge < -0.3 is 4.74 Å². The lowest BCUT2D eigenvalue weighted by Gasteiger charge is -2.03. The molecule has 78 valence electrons. The standard InChI is InChI=1S/C10H9ClN2OS/c1-7-9(3-2-4-12-7)14-10-13-8(5-11)6-15-10/h2-4,6H,5H2,1H3. The minimum Gasteiger partial charge on any atom is -0.429 e. The molecule has 0 aliphatic carbocycles. The summed E-state index contributed by atoms with van der Waals surface area (Å²) in [5.74, 6) is 1.14. The van der Waals surface area contributed by atoms with Crippen LogP contribution in [0.3, 0.4) is 0 Å². The average Bonchev–Trinajstić information content (AvgIpc) is 2.69. The lowest BCUT2D eigenvalue weighted by Crippen LogP contribution is -1.89. The Morgan fingerprint density at radius 1 is 1.53 bits per heavy atom. The number of thiazole rings is 1. The maximum atomic E-state index is 5.65. The van der Waals surface area contributed by atoms with Gasteiger partial charge in [-0.3, -0.25) is 4.98 Å². The van der Waals surface area contributed by atoms with Gasteiger partial charge in [0.25, 0.3) is 5.19 Å². The molecule has 15 heavy (non-hydrogen) atoms. The highest BCUT2D eigenvalue weighted by atomic mass is 35.5. The Morgan fingerprint density at radius 2 is 2.40 bits per heavy atom. The first-order valence-electron chi connectivity index (χ1n) is 4.39. The Balaban J connectivity index is 2.18. The van der Waals surface area contributed by atoms with Crippen LogP contribution < -0.4 is 4.74 Å². The summed E-state index contributed by atoms with van der Waals surface area (Å²) < 4.78 is 5.58. The van der Waals surface area contributed by atoms with Crippen molar-refractivity contribution in [1.29, 1.82) is 0 Å². The van der Waals surface area contributed by atoms with Gasteiger partial charge in [0.05, 0.1) is 17.3 Å². The van der Waals surface area contributed by atoms with E-state index in [0.717, 1.165) is 17.1 Å². The molecule has 0 aliphatic rings. The van der Waals surface area contributed by atoms with Gasteiger partial charge in [0.2, 0.25) is 0 Å². The molecule has 5 heteroatoms. The van der Waals surface area contributed by atoms with Crippen molar-refractivity contribution < 1.29 is 4.74 Å². The minimum atomic E-state index is 0.409. The van der Waals surface area contributed by atoms with E-state index in [2.05, 4.69) is 9.97 Å². The fourth-order valence-corrected chi connectivity index (χ4v) is 1.98. The Kier molecular flexibility index (Phi) is 3.18. The van der Waals surface area contributed by atoms with Crippen molar-refractivity contribution in [2.45, 2.75) is 12.8 Å². The summed E-state index contributed by atoms with van der Waals surface area (Å²) in [7, 11) is 0. The summed E-state index contributed by atoms with van der Waals surface area (Å²) in [5.41, 5.74) is 1.68. The number of aromatic nitrogens is 2. The van der Waals surface area contributed by atoms with Crippen molar-refractivity contribution >= 4 is 22.9 Å². The van der Waals surface area contributed by atoms with E-state index in [1.165, 1.54) is 11.3 Å². The predicted octanol–water partition coefficient (Wildman–Crippen LogP) is 3.38. The van der Waals surface area contributed by atoms with Crippen LogP contribution in [-0.2, 0) is 5.88 Å². The molecule has 2 rings (SSSR count). The molecule has 0 aromatic carbocycles. The third kappa shape index (κ3) is 2.46. The highest BCUT2D eigenvalue weighted by Crippen LogP contribution is 2.26. The Labute approximate surface area is 96.7 Å². The fourth-order valence-electron chi connectivity index (χ4n) is 1.07. The first kappa shape index (κ1) is 10.4. The molecule has 0 N–H and O–H groups in total. The highest BCUT2D eigenvalue weighted by Gasteiger charge is 2.05. The van der Waals surface area contributed by atoms with Gasteiger partial charge in [-0.15, -0.1) is 11.6 Å². The van der Waals surface area contributed by atoms with Gasteiger partial charge in [0, 0.05) is 11.6 Å². The van der Waals surface area contributed by atoms with E-state index >= 15 is 0 Å². The smallest absolute Gasteiger partial charge is 0.279 e. The van der Waals surface area contributed by atoms with Crippen molar-refractivity contribution in [1.82, 2.24) is 9.97 Å². The van der Waals surface area contributed by atoms with Crippen molar-refractivity contribution in [2.75, 3.05) is 0 Å². The van der Waals surface area contributed by atoms with Crippen molar-refractivity contribution in [2.24, 2.45) is 0 Å². The lowest BCUT2D eigenvalue weighted by molar-refractivity contribution is 0.471. The number of ether oxygens (including phenoxy) is 1. The number of aryl methyl sites for hydroxylation is 1. The molecule has 0 bridgehead atoms. The van der Waals surface area contributed by atoms with Crippen LogP contribution in [0.5, 0.6) is 10.9 Å². The minimum absolute atomic E-state index is 0.409. The molecule has 2 heterocycles. The van der Waals surface area contributed by atoms with E-state index in [1.807, 2.05) is 24.4 Å². The van der Waals surface area contributed by atoms with Crippen LogP contribution in [-0.4, -0.2) is 9.97 Å². The van der Waals surface area contributed by atoms with Gasteiger partial charge in [-0.1, -0.05) is 11.3 Å². The zero-order chi connectivity index (χ0) is 10.7. The second-order valence-corrected chi connectivity index (χ2v) is 4.02. The SMILES string of the molecule is Cc1ncccc1Oc1nc(CCl)cs1. The summed E-state index contributed by atoms with van der Waals surface area (Å²) in [6, 6.07) is 3.70. The summed E-state index contributed by atoms with van der Waals surface area (Å²) in [5, 5.41) is 2.48. The molecule has 2 aromatic heterocycles. The van der Waals surface area contributed by atoms with Crippen molar-refractivity contribution in [3.63, 3.8) is 0 Å². The second kappa shape index (κ2) is 4.59. The van der Waals surface area contributed by atoms with Crippen LogP contribution in [0.25, 0.3) is 0 Å². The largest absolute Gasteiger partial charge is 0.429 e. The average molecular weight is 241 g/mol. The second-order valence-electron chi connectivity index (χ2n) is 2.93. The van der Waals surface area contributed by atoms with E-state index in [1.54, 1.807) is 6.20 Å². The van der Waals surface area contributed by atoms with Crippen LogP contribution in [0.1, 0.15) is 11.4 Å². The molecule has 0 spiro atoms. The molecule has 2 aromatic rings. The molecular weight excluding hydrogens is 232 g/mol. The first-order chi connectivity index (χ1) is 7.29. The number of pyridine rings is 1. The molecular formula is C10H9ClN2OS. The molecule has 0 fully saturated rings. The Bertz CT molecular complexity index is 458. The van der Waals surface area contributed by atoms with E-state index < -0.39 is 0 Å². The van der Waals surface area contributed by atoms with E-state index in [9.17, 15) is 0 Å². The molecule has 0 saturated carbocycles. The molecule has 0 unspecified atom stereocenters. The number of nitrogens with zero attached hydrogens (tertiary/aromatic N) is 2. The normalized spacial score (nSPS) is 10.3. The van der Waals surface area contributed by atoms with Crippen LogP contribution in [0.4, 0.5) is 0 Å². The van der Waals surface area contributed by atoms with Crippen LogP contribution in [0.2, 0.25) is 0 Å². The molecule has 0 aliphatic heterocycles. The summed E-state index contributed by atoms with van der Waals surface area (Å²) in [6.45, 7) is 1.89. The maximum absolute atomic E-state index is 5.65. The molecule has 3 nitrogen and oxygen atoms in total. The Morgan fingerprint density at radius 3 is 3.07 bits per heavy atom. The van der Waals surface area contributed by atoms with Crippen LogP contribution in [0.15, 0.2) is 23.7 Å². The van der Waals surface area contributed by atoms with Crippen LogP contribution in [0, 0.1) is 6.92 Å². The topological polar surface area (TPSA) is 35.0 Å².